The summed E-state index contributed by atoms with van der Waals surface area (Å²) in [6.07, 6.45) is 1.70. The Morgan fingerprint density at radius 1 is 1.69 bits per heavy atom. The van der Waals surface area contributed by atoms with Gasteiger partial charge in [0, 0.05) is 20.5 Å². The summed E-state index contributed by atoms with van der Waals surface area (Å²) in [5, 5.41) is 8.12. The van der Waals surface area contributed by atoms with E-state index in [1.807, 2.05) is 6.92 Å². The Balaban J connectivity index is 2.39. The summed E-state index contributed by atoms with van der Waals surface area (Å²) in [6, 6.07) is 0. The van der Waals surface area contributed by atoms with Crippen molar-refractivity contribution in [3.63, 3.8) is 0 Å². The highest BCUT2D eigenvalue weighted by atomic mass is 16.2. The zero-order valence-electron chi connectivity index (χ0n) is 8.19. The molecule has 0 aliphatic rings. The van der Waals surface area contributed by atoms with Crippen LogP contribution in [0.25, 0.3) is 0 Å². The third-order valence-electron chi connectivity index (χ3n) is 1.82. The molecule has 1 amide bonds. The summed E-state index contributed by atoms with van der Waals surface area (Å²) >= 11 is 0. The van der Waals surface area contributed by atoms with Crippen LogP contribution in [0.2, 0.25) is 0 Å². The Bertz CT molecular complexity index is 294. The number of hydrogen-bond donors (Lipinski definition) is 0. The molecule has 0 N–H and O–H groups in total. The lowest BCUT2D eigenvalue weighted by Crippen LogP contribution is -2.28. The van der Waals surface area contributed by atoms with Gasteiger partial charge in [0.05, 0.1) is 18.4 Å². The highest BCUT2D eigenvalue weighted by Gasteiger charge is 2.02. The number of carbonyl (C=O) groups excluding carboxylic acids is 1. The van der Waals surface area contributed by atoms with Crippen LogP contribution in [0, 0.1) is 6.92 Å². The van der Waals surface area contributed by atoms with Gasteiger partial charge in [-0.2, -0.15) is 15.0 Å². The molecule has 1 aromatic rings. The number of rotatable bonds is 3. The molecule has 1 rings (SSSR count). The van der Waals surface area contributed by atoms with E-state index in [1.54, 1.807) is 29.9 Å². The summed E-state index contributed by atoms with van der Waals surface area (Å²) < 4.78 is 0. The number of carbonyl (C=O) groups is 1. The van der Waals surface area contributed by atoms with Gasteiger partial charge in [-0.25, -0.2) is 0 Å². The van der Waals surface area contributed by atoms with Crippen LogP contribution in [-0.2, 0) is 11.3 Å². The predicted octanol–water partition coefficient (Wildman–Crippen LogP) is 0.0648. The van der Waals surface area contributed by atoms with Crippen molar-refractivity contribution in [1.29, 1.82) is 0 Å². The van der Waals surface area contributed by atoms with E-state index in [1.165, 1.54) is 0 Å². The van der Waals surface area contributed by atoms with Gasteiger partial charge in [0.15, 0.2) is 0 Å². The smallest absolute Gasteiger partial charge is 0.219 e. The van der Waals surface area contributed by atoms with E-state index in [2.05, 4.69) is 10.2 Å². The summed E-state index contributed by atoms with van der Waals surface area (Å²) in [7, 11) is 1.76. The number of likely N-dealkylation sites (N-methyl/N-ethyl adjacent to an activating group) is 1. The van der Waals surface area contributed by atoms with Crippen molar-refractivity contribution in [1.82, 2.24) is 19.9 Å². The van der Waals surface area contributed by atoms with Gasteiger partial charge in [0.2, 0.25) is 5.91 Å². The molecule has 5 nitrogen and oxygen atoms in total. The Kier molecular flexibility index (Phi) is 3.00. The molecule has 72 valence electrons. The summed E-state index contributed by atoms with van der Waals surface area (Å²) in [4.78, 5) is 14.1. The molecule has 0 fully saturated rings. The fourth-order valence-electron chi connectivity index (χ4n) is 0.889. The molecule has 0 bridgehead atoms. The summed E-state index contributed by atoms with van der Waals surface area (Å²) in [5.41, 5.74) is 0.894. The highest BCUT2D eigenvalue weighted by molar-refractivity contribution is 5.72. The lowest BCUT2D eigenvalue weighted by atomic mass is 10.5. The third kappa shape index (κ3) is 2.85. The minimum Gasteiger partial charge on any atom is -0.344 e. The quantitative estimate of drug-likeness (QED) is 0.664. The van der Waals surface area contributed by atoms with Crippen LogP contribution in [0.5, 0.6) is 0 Å². The maximum Gasteiger partial charge on any atom is 0.219 e. The second-order valence-electron chi connectivity index (χ2n) is 3.02. The van der Waals surface area contributed by atoms with Gasteiger partial charge < -0.3 is 4.90 Å². The Labute approximate surface area is 77.3 Å². The molecule has 0 aromatic carbocycles. The van der Waals surface area contributed by atoms with Crippen LogP contribution >= 0.6 is 0 Å². The number of hydrogen-bond acceptors (Lipinski definition) is 3. The molecule has 0 radical (unpaired) electrons. The second-order valence-corrected chi connectivity index (χ2v) is 3.02. The van der Waals surface area contributed by atoms with E-state index >= 15 is 0 Å². The van der Waals surface area contributed by atoms with Crippen molar-refractivity contribution in [3.05, 3.63) is 11.9 Å². The average molecular weight is 182 g/mol. The molecule has 0 aliphatic heterocycles. The number of nitrogens with zero attached hydrogens (tertiary/aromatic N) is 4. The zero-order valence-corrected chi connectivity index (χ0v) is 8.19. The van der Waals surface area contributed by atoms with Gasteiger partial charge >= 0.3 is 0 Å². The van der Waals surface area contributed by atoms with Gasteiger partial charge in [-0.05, 0) is 6.92 Å². The Morgan fingerprint density at radius 3 is 2.85 bits per heavy atom. The van der Waals surface area contributed by atoms with Crippen molar-refractivity contribution in [2.24, 2.45) is 0 Å². The van der Waals surface area contributed by atoms with Gasteiger partial charge in [-0.3, -0.25) is 4.79 Å². The summed E-state index contributed by atoms with van der Waals surface area (Å²) in [5.74, 6) is 0.0591. The van der Waals surface area contributed by atoms with Crippen LogP contribution in [0.1, 0.15) is 12.6 Å². The molecule has 1 heterocycles. The van der Waals surface area contributed by atoms with Gasteiger partial charge in [0.25, 0.3) is 0 Å². The van der Waals surface area contributed by atoms with Gasteiger partial charge in [-0.15, -0.1) is 0 Å². The first-order valence-corrected chi connectivity index (χ1v) is 4.18. The standard InChI is InChI=1S/C8H14N4O/c1-7-6-9-12(10-7)5-4-11(3)8(2)13/h6H,4-5H2,1-3H3. The number of aromatic nitrogens is 3. The van der Waals surface area contributed by atoms with E-state index in [-0.39, 0.29) is 5.91 Å². The molecule has 0 aliphatic carbocycles. The average Bonchev–Trinajstić information content (AvgIpc) is 2.47. The molecular weight excluding hydrogens is 168 g/mol. The van der Waals surface area contributed by atoms with Crippen molar-refractivity contribution < 1.29 is 4.79 Å². The lowest BCUT2D eigenvalue weighted by Gasteiger charge is -2.13. The third-order valence-corrected chi connectivity index (χ3v) is 1.82. The van der Waals surface area contributed by atoms with Crippen LogP contribution in [0.4, 0.5) is 0 Å². The highest BCUT2D eigenvalue weighted by Crippen LogP contribution is 1.89. The van der Waals surface area contributed by atoms with Crippen molar-refractivity contribution in [2.45, 2.75) is 20.4 Å². The first-order chi connectivity index (χ1) is 6.09. The molecule has 0 spiro atoms. The van der Waals surface area contributed by atoms with E-state index in [4.69, 9.17) is 0 Å². The second kappa shape index (κ2) is 4.02. The zero-order chi connectivity index (χ0) is 9.84. The minimum absolute atomic E-state index is 0.0591. The normalized spacial score (nSPS) is 10.1. The number of amides is 1. The topological polar surface area (TPSA) is 51.0 Å². The van der Waals surface area contributed by atoms with Crippen LogP contribution in [-0.4, -0.2) is 39.4 Å². The molecule has 0 unspecified atom stereocenters. The monoisotopic (exact) mass is 182 g/mol. The van der Waals surface area contributed by atoms with E-state index in [9.17, 15) is 4.79 Å². The fourth-order valence-corrected chi connectivity index (χ4v) is 0.889. The van der Waals surface area contributed by atoms with Crippen molar-refractivity contribution in [3.8, 4) is 0 Å². The van der Waals surface area contributed by atoms with Crippen LogP contribution in [0.3, 0.4) is 0 Å². The largest absolute Gasteiger partial charge is 0.344 e. The lowest BCUT2D eigenvalue weighted by molar-refractivity contribution is -0.127. The maximum absolute atomic E-state index is 10.8. The van der Waals surface area contributed by atoms with Crippen molar-refractivity contribution >= 4 is 5.91 Å². The Hall–Kier alpha value is -1.39. The fraction of sp³-hybridized carbons (Fsp3) is 0.625. The molecule has 13 heavy (non-hydrogen) atoms. The molecule has 0 saturated carbocycles. The SMILES string of the molecule is CC(=O)N(C)CCn1ncc(C)n1. The predicted molar refractivity (Wildman–Crippen MR) is 48.1 cm³/mol. The van der Waals surface area contributed by atoms with Crippen molar-refractivity contribution in [2.75, 3.05) is 13.6 Å². The van der Waals surface area contributed by atoms with E-state index in [0.29, 0.717) is 13.1 Å². The minimum atomic E-state index is 0.0591. The van der Waals surface area contributed by atoms with Gasteiger partial charge in [-0.1, -0.05) is 0 Å². The number of aryl methyl sites for hydroxylation is 1. The van der Waals surface area contributed by atoms with Crippen LogP contribution < -0.4 is 0 Å². The first kappa shape index (κ1) is 9.70. The van der Waals surface area contributed by atoms with E-state index < -0.39 is 0 Å². The molecular formula is C8H14N4O. The summed E-state index contributed by atoms with van der Waals surface area (Å²) in [6.45, 7) is 4.72. The van der Waals surface area contributed by atoms with Crippen LogP contribution in [0.15, 0.2) is 6.20 Å². The maximum atomic E-state index is 10.8. The molecule has 0 saturated heterocycles. The molecule has 5 heteroatoms. The first-order valence-electron chi connectivity index (χ1n) is 4.18. The Morgan fingerprint density at radius 2 is 2.38 bits per heavy atom. The molecule has 1 aromatic heterocycles. The molecule has 0 atom stereocenters. The van der Waals surface area contributed by atoms with E-state index in [0.717, 1.165) is 5.69 Å². The van der Waals surface area contributed by atoms with Gasteiger partial charge in [0.1, 0.15) is 0 Å².